The van der Waals surface area contributed by atoms with Crippen LogP contribution in [0, 0.1) is 11.5 Å². The molecule has 3 aliphatic rings. The van der Waals surface area contributed by atoms with Crippen molar-refractivity contribution < 1.29 is 14.3 Å². The monoisotopic (exact) mass is 556 g/mol. The summed E-state index contributed by atoms with van der Waals surface area (Å²) in [4.78, 5) is 19.3. The second kappa shape index (κ2) is 11.8. The number of rotatable bonds is 6. The van der Waals surface area contributed by atoms with Gasteiger partial charge in [0.2, 0.25) is 6.79 Å². The van der Waals surface area contributed by atoms with Crippen LogP contribution in [0.2, 0.25) is 5.02 Å². The number of benzene rings is 3. The number of carbonyl (C=O) groups is 1. The predicted molar refractivity (Wildman–Crippen MR) is 155 cm³/mol. The van der Waals surface area contributed by atoms with E-state index >= 15 is 0 Å². The Labute approximate surface area is 240 Å². The van der Waals surface area contributed by atoms with Crippen LogP contribution < -0.4 is 14.4 Å². The van der Waals surface area contributed by atoms with Crippen LogP contribution in [0.25, 0.3) is 0 Å². The Hall–Kier alpha value is -3.73. The summed E-state index contributed by atoms with van der Waals surface area (Å²) in [6, 6.07) is 22.3. The van der Waals surface area contributed by atoms with Gasteiger partial charge in [-0.3, -0.25) is 9.69 Å². The van der Waals surface area contributed by atoms with E-state index in [0.717, 1.165) is 75.5 Å². The molecule has 0 atom stereocenters. The maximum absolute atomic E-state index is 12.9. The normalized spacial score (nSPS) is 17.9. The lowest BCUT2D eigenvalue weighted by Gasteiger charge is -2.43. The van der Waals surface area contributed by atoms with Gasteiger partial charge in [-0.1, -0.05) is 41.9 Å². The van der Waals surface area contributed by atoms with E-state index in [-0.39, 0.29) is 18.7 Å². The summed E-state index contributed by atoms with van der Waals surface area (Å²) in [5.74, 6) is 1.62. The average Bonchev–Trinajstić information content (AvgIpc) is 3.47. The quantitative estimate of drug-likeness (QED) is 0.286. The summed E-state index contributed by atoms with van der Waals surface area (Å²) in [6.45, 7) is 3.71. The lowest BCUT2D eigenvalue weighted by molar-refractivity contribution is 0.0580. The van der Waals surface area contributed by atoms with E-state index in [1.54, 1.807) is 12.1 Å². The Morgan fingerprint density at radius 3 is 2.33 bits per heavy atom. The standard InChI is InChI=1S/C32H33ClN4O3/c33-29-4-2-1-3-28(29)32(38)36-17-11-25(12-18-36)35-15-13-27(14-16-35)37(21-34)26-8-5-23(6-9-26)19-24-7-10-30-31(20-24)40-22-39-30/h1-10,20,25,27H,11-19,22H2. The molecule has 3 aromatic rings. The Balaban J connectivity index is 1.00. The number of likely N-dealkylation sites (tertiary alicyclic amines) is 2. The van der Waals surface area contributed by atoms with Crippen LogP contribution in [-0.4, -0.2) is 60.8 Å². The molecule has 0 radical (unpaired) electrons. The maximum atomic E-state index is 12.9. The van der Waals surface area contributed by atoms with E-state index in [0.29, 0.717) is 16.6 Å². The molecule has 8 heteroatoms. The minimum atomic E-state index is 0.0225. The second-order valence-electron chi connectivity index (χ2n) is 10.8. The van der Waals surface area contributed by atoms with Gasteiger partial charge in [0.25, 0.3) is 5.91 Å². The first-order valence-electron chi connectivity index (χ1n) is 14.0. The highest BCUT2D eigenvalue weighted by Crippen LogP contribution is 2.33. The molecule has 0 aromatic heterocycles. The number of hydrogen-bond acceptors (Lipinski definition) is 6. The molecule has 0 bridgehead atoms. The SMILES string of the molecule is N#CN(c1ccc(Cc2ccc3c(c2)OCO3)cc1)C1CCN(C2CCN(C(=O)c3ccccc3Cl)CC2)CC1. The lowest BCUT2D eigenvalue weighted by atomic mass is 9.96. The first-order valence-corrected chi connectivity index (χ1v) is 14.4. The van der Waals surface area contributed by atoms with Gasteiger partial charge in [-0.15, -0.1) is 0 Å². The van der Waals surface area contributed by atoms with Crippen molar-refractivity contribution in [2.75, 3.05) is 37.9 Å². The summed E-state index contributed by atoms with van der Waals surface area (Å²) < 4.78 is 10.9. The second-order valence-corrected chi connectivity index (χ2v) is 11.2. The first-order chi connectivity index (χ1) is 19.6. The molecule has 6 rings (SSSR count). The molecule has 1 amide bonds. The van der Waals surface area contributed by atoms with Crippen LogP contribution in [0.1, 0.15) is 47.2 Å². The number of ether oxygens (including phenoxy) is 2. The van der Waals surface area contributed by atoms with E-state index in [1.165, 1.54) is 11.1 Å². The highest BCUT2D eigenvalue weighted by atomic mass is 35.5. The highest BCUT2D eigenvalue weighted by molar-refractivity contribution is 6.33. The van der Waals surface area contributed by atoms with Gasteiger partial charge in [0.1, 0.15) is 0 Å². The average molecular weight is 557 g/mol. The number of fused-ring (bicyclic) bond motifs is 1. The van der Waals surface area contributed by atoms with Gasteiger partial charge in [0.15, 0.2) is 17.7 Å². The molecule has 0 unspecified atom stereocenters. The minimum Gasteiger partial charge on any atom is -0.454 e. The third-order valence-corrected chi connectivity index (χ3v) is 8.73. The molecule has 0 spiro atoms. The zero-order valence-corrected chi connectivity index (χ0v) is 23.2. The lowest BCUT2D eigenvalue weighted by Crippen LogP contribution is -2.51. The molecule has 3 heterocycles. The van der Waals surface area contributed by atoms with Gasteiger partial charge in [-0.05, 0) is 79.6 Å². The molecule has 0 N–H and O–H groups in total. The van der Waals surface area contributed by atoms with Crippen molar-refractivity contribution >= 4 is 23.2 Å². The number of nitrogens with zero attached hydrogens (tertiary/aromatic N) is 4. The van der Waals surface area contributed by atoms with Crippen LogP contribution in [0.5, 0.6) is 11.5 Å². The van der Waals surface area contributed by atoms with Crippen molar-refractivity contribution in [2.24, 2.45) is 0 Å². The Morgan fingerprint density at radius 2 is 1.60 bits per heavy atom. The predicted octanol–water partition coefficient (Wildman–Crippen LogP) is 5.72. The van der Waals surface area contributed by atoms with E-state index < -0.39 is 0 Å². The smallest absolute Gasteiger partial charge is 0.255 e. The summed E-state index contributed by atoms with van der Waals surface area (Å²) in [5, 5.41) is 10.5. The van der Waals surface area contributed by atoms with Crippen molar-refractivity contribution in [3.63, 3.8) is 0 Å². The minimum absolute atomic E-state index is 0.0225. The molecular formula is C32H33ClN4O3. The molecule has 2 saturated heterocycles. The summed E-state index contributed by atoms with van der Waals surface area (Å²) in [6.07, 6.45) is 7.08. The van der Waals surface area contributed by atoms with Gasteiger partial charge in [0, 0.05) is 38.3 Å². The number of anilines is 1. The molecule has 3 aromatic carbocycles. The summed E-state index contributed by atoms with van der Waals surface area (Å²) >= 11 is 6.25. The largest absolute Gasteiger partial charge is 0.454 e. The van der Waals surface area contributed by atoms with Crippen molar-refractivity contribution in [3.05, 3.63) is 88.4 Å². The first kappa shape index (κ1) is 26.5. The fraction of sp³-hybridized carbons (Fsp3) is 0.375. The van der Waals surface area contributed by atoms with Crippen LogP contribution in [-0.2, 0) is 6.42 Å². The van der Waals surface area contributed by atoms with Crippen molar-refractivity contribution in [1.29, 1.82) is 5.26 Å². The number of amides is 1. The molecular weight excluding hydrogens is 524 g/mol. The molecule has 2 fully saturated rings. The Kier molecular flexibility index (Phi) is 7.81. The van der Waals surface area contributed by atoms with E-state index in [4.69, 9.17) is 21.1 Å². The maximum Gasteiger partial charge on any atom is 0.255 e. The third kappa shape index (κ3) is 5.60. The topological polar surface area (TPSA) is 69.0 Å². The number of halogens is 1. The van der Waals surface area contributed by atoms with Crippen molar-refractivity contribution in [3.8, 4) is 17.7 Å². The summed E-state index contributed by atoms with van der Waals surface area (Å²) in [5.41, 5.74) is 3.89. The number of carbonyl (C=O) groups excluding carboxylic acids is 1. The van der Waals surface area contributed by atoms with Crippen LogP contribution in [0.15, 0.2) is 66.7 Å². The fourth-order valence-corrected chi connectivity index (χ4v) is 6.38. The molecule has 0 aliphatic carbocycles. The number of piperidine rings is 2. The highest BCUT2D eigenvalue weighted by Gasteiger charge is 2.32. The van der Waals surface area contributed by atoms with E-state index in [1.807, 2.05) is 34.1 Å². The molecule has 40 heavy (non-hydrogen) atoms. The van der Waals surface area contributed by atoms with Crippen molar-refractivity contribution in [2.45, 2.75) is 44.2 Å². The van der Waals surface area contributed by atoms with Crippen LogP contribution in [0.4, 0.5) is 5.69 Å². The van der Waals surface area contributed by atoms with Gasteiger partial charge >= 0.3 is 0 Å². The molecule has 7 nitrogen and oxygen atoms in total. The molecule has 0 saturated carbocycles. The summed E-state index contributed by atoms with van der Waals surface area (Å²) in [7, 11) is 0. The van der Waals surface area contributed by atoms with Crippen LogP contribution >= 0.6 is 11.6 Å². The van der Waals surface area contributed by atoms with Gasteiger partial charge in [0.05, 0.1) is 16.3 Å². The zero-order valence-electron chi connectivity index (χ0n) is 22.5. The Morgan fingerprint density at radius 1 is 0.900 bits per heavy atom. The van der Waals surface area contributed by atoms with Crippen molar-refractivity contribution in [1.82, 2.24) is 9.80 Å². The van der Waals surface area contributed by atoms with Gasteiger partial charge < -0.3 is 19.3 Å². The third-order valence-electron chi connectivity index (χ3n) is 8.40. The number of nitriles is 1. The fourth-order valence-electron chi connectivity index (χ4n) is 6.16. The molecule has 206 valence electrons. The van der Waals surface area contributed by atoms with E-state index in [9.17, 15) is 10.1 Å². The number of hydrogen-bond donors (Lipinski definition) is 0. The molecule has 3 aliphatic heterocycles. The van der Waals surface area contributed by atoms with Crippen LogP contribution in [0.3, 0.4) is 0 Å². The zero-order chi connectivity index (χ0) is 27.5. The van der Waals surface area contributed by atoms with Gasteiger partial charge in [-0.25, -0.2) is 0 Å². The van der Waals surface area contributed by atoms with Gasteiger partial charge in [-0.2, -0.15) is 5.26 Å². The van der Waals surface area contributed by atoms with E-state index in [2.05, 4.69) is 41.4 Å². The Bertz CT molecular complexity index is 1390.